The fourth-order valence-electron chi connectivity index (χ4n) is 3.11. The Morgan fingerprint density at radius 1 is 1.43 bits per heavy atom. The molecule has 1 unspecified atom stereocenters. The first-order valence-electron chi connectivity index (χ1n) is 7.62. The first-order valence-corrected chi connectivity index (χ1v) is 7.62. The summed E-state index contributed by atoms with van der Waals surface area (Å²) in [4.78, 5) is 25.3. The van der Waals surface area contributed by atoms with Gasteiger partial charge in [0.05, 0.1) is 19.1 Å². The lowest BCUT2D eigenvalue weighted by atomic mass is 10.1. The van der Waals surface area contributed by atoms with Crippen molar-refractivity contribution in [2.24, 2.45) is 0 Å². The maximum Gasteiger partial charge on any atom is 0.305 e. The molecule has 1 saturated heterocycles. The summed E-state index contributed by atoms with van der Waals surface area (Å²) in [6.45, 7) is 0.799. The number of carboxylic acid groups (broad SMARTS) is 1. The summed E-state index contributed by atoms with van der Waals surface area (Å²) >= 11 is 0. The van der Waals surface area contributed by atoms with Crippen molar-refractivity contribution in [2.75, 3.05) is 20.3 Å². The lowest BCUT2D eigenvalue weighted by Crippen LogP contribution is -2.39. The molecule has 1 fully saturated rings. The van der Waals surface area contributed by atoms with Crippen LogP contribution >= 0.6 is 0 Å². The van der Waals surface area contributed by atoms with Crippen LogP contribution in [0.2, 0.25) is 0 Å². The highest BCUT2D eigenvalue weighted by Crippen LogP contribution is 2.31. The van der Waals surface area contributed by atoms with Gasteiger partial charge in [-0.05, 0) is 37.1 Å². The Hall–Kier alpha value is -2.50. The van der Waals surface area contributed by atoms with Crippen molar-refractivity contribution in [3.63, 3.8) is 0 Å². The number of carbonyl (C=O) groups excluding carboxylic acids is 1. The van der Waals surface area contributed by atoms with Gasteiger partial charge in [-0.25, -0.2) is 0 Å². The summed E-state index contributed by atoms with van der Waals surface area (Å²) in [5.74, 6) is 0.397. The van der Waals surface area contributed by atoms with E-state index in [-0.39, 0.29) is 25.0 Å². The molecule has 0 aliphatic carbocycles. The van der Waals surface area contributed by atoms with E-state index in [0.717, 1.165) is 18.4 Å². The molecule has 2 aliphatic heterocycles. The number of rotatable bonds is 4. The smallest absolute Gasteiger partial charge is 0.305 e. The number of likely N-dealkylation sites (tertiary alicyclic amines) is 1. The molecule has 1 N–H and O–H groups in total. The molecule has 1 amide bonds. The van der Waals surface area contributed by atoms with Crippen LogP contribution in [-0.4, -0.2) is 48.2 Å². The van der Waals surface area contributed by atoms with Gasteiger partial charge in [0.1, 0.15) is 18.1 Å². The van der Waals surface area contributed by atoms with Gasteiger partial charge in [0, 0.05) is 18.2 Å². The Kier molecular flexibility index (Phi) is 4.23. The molecular weight excluding hydrogens is 298 g/mol. The lowest BCUT2D eigenvalue weighted by Gasteiger charge is -2.26. The number of carboxylic acids is 1. The topological polar surface area (TPSA) is 76.1 Å². The molecule has 0 radical (unpaired) electrons. The first-order chi connectivity index (χ1) is 11.1. The number of hydrogen-bond acceptors (Lipinski definition) is 4. The lowest BCUT2D eigenvalue weighted by molar-refractivity contribution is -0.139. The Labute approximate surface area is 134 Å². The fourth-order valence-corrected chi connectivity index (χ4v) is 3.11. The van der Waals surface area contributed by atoms with Crippen LogP contribution in [0.25, 0.3) is 6.08 Å². The second-order valence-electron chi connectivity index (χ2n) is 5.75. The molecule has 1 aromatic carbocycles. The summed E-state index contributed by atoms with van der Waals surface area (Å²) in [6, 6.07) is 5.21. The molecule has 3 rings (SSSR count). The van der Waals surface area contributed by atoms with E-state index >= 15 is 0 Å². The molecule has 0 spiro atoms. The summed E-state index contributed by atoms with van der Waals surface area (Å²) in [5, 5.41) is 8.98. The van der Waals surface area contributed by atoms with Crippen molar-refractivity contribution in [1.82, 2.24) is 4.90 Å². The number of hydrogen-bond donors (Lipinski definition) is 1. The van der Waals surface area contributed by atoms with Crippen LogP contribution in [0.4, 0.5) is 0 Å². The molecule has 122 valence electrons. The fraction of sp³-hybridized carbons (Fsp3) is 0.412. The van der Waals surface area contributed by atoms with E-state index in [4.69, 9.17) is 14.6 Å². The summed E-state index contributed by atoms with van der Waals surface area (Å²) in [5.41, 5.74) is 1.34. The number of ether oxygens (including phenoxy) is 2. The quantitative estimate of drug-likeness (QED) is 0.918. The Bertz CT molecular complexity index is 667. The minimum Gasteiger partial charge on any atom is -0.497 e. The third kappa shape index (κ3) is 3.16. The number of aliphatic carboxylic acids is 1. The summed E-state index contributed by atoms with van der Waals surface area (Å²) in [6.07, 6.45) is 3.36. The molecule has 2 heterocycles. The second kappa shape index (κ2) is 6.32. The number of amides is 1. The van der Waals surface area contributed by atoms with E-state index in [1.807, 2.05) is 18.2 Å². The number of carbonyl (C=O) groups is 2. The predicted octanol–water partition coefficient (Wildman–Crippen LogP) is 1.94. The zero-order valence-corrected chi connectivity index (χ0v) is 12.9. The molecule has 1 atom stereocenters. The molecule has 0 bridgehead atoms. The van der Waals surface area contributed by atoms with E-state index in [0.29, 0.717) is 23.6 Å². The van der Waals surface area contributed by atoms with Crippen LogP contribution in [0.3, 0.4) is 0 Å². The van der Waals surface area contributed by atoms with Crippen LogP contribution in [-0.2, 0) is 9.59 Å². The minimum absolute atomic E-state index is 0.00964. The van der Waals surface area contributed by atoms with E-state index in [1.54, 1.807) is 18.1 Å². The Morgan fingerprint density at radius 3 is 3.00 bits per heavy atom. The standard InChI is InChI=1S/C17H19NO5/c1-22-14-4-5-15-11(8-14)7-12(10-23-15)17(21)18-6-2-3-13(18)9-16(19)20/h4-5,7-8,13H,2-3,6,9-10H2,1H3,(H,19,20). The number of benzene rings is 1. The maximum atomic E-state index is 12.7. The third-order valence-corrected chi connectivity index (χ3v) is 4.25. The van der Waals surface area contributed by atoms with Crippen molar-refractivity contribution < 1.29 is 24.2 Å². The van der Waals surface area contributed by atoms with E-state index in [1.165, 1.54) is 0 Å². The van der Waals surface area contributed by atoms with Crippen molar-refractivity contribution in [3.05, 3.63) is 29.3 Å². The number of methoxy groups -OCH3 is 1. The SMILES string of the molecule is COc1ccc2c(c1)C=C(C(=O)N1CCCC1CC(=O)O)CO2. The van der Waals surface area contributed by atoms with Gasteiger partial charge in [-0.15, -0.1) is 0 Å². The van der Waals surface area contributed by atoms with Crippen LogP contribution in [0.5, 0.6) is 11.5 Å². The average molecular weight is 317 g/mol. The van der Waals surface area contributed by atoms with Crippen LogP contribution in [0, 0.1) is 0 Å². The number of nitrogens with zero attached hydrogens (tertiary/aromatic N) is 1. The van der Waals surface area contributed by atoms with Gasteiger partial charge in [-0.3, -0.25) is 9.59 Å². The third-order valence-electron chi connectivity index (χ3n) is 4.25. The molecule has 0 saturated carbocycles. The van der Waals surface area contributed by atoms with E-state index in [9.17, 15) is 9.59 Å². The largest absolute Gasteiger partial charge is 0.497 e. The monoisotopic (exact) mass is 317 g/mol. The van der Waals surface area contributed by atoms with Gasteiger partial charge >= 0.3 is 5.97 Å². The van der Waals surface area contributed by atoms with Crippen LogP contribution < -0.4 is 9.47 Å². The zero-order chi connectivity index (χ0) is 16.4. The zero-order valence-electron chi connectivity index (χ0n) is 12.9. The normalized spacial score (nSPS) is 19.6. The highest BCUT2D eigenvalue weighted by Gasteiger charge is 2.32. The van der Waals surface area contributed by atoms with Gasteiger partial charge in [0.2, 0.25) is 0 Å². The van der Waals surface area contributed by atoms with Gasteiger partial charge in [0.15, 0.2) is 0 Å². The van der Waals surface area contributed by atoms with Crippen molar-refractivity contribution in [2.45, 2.75) is 25.3 Å². The first kappa shape index (κ1) is 15.4. The average Bonchev–Trinajstić information content (AvgIpc) is 3.00. The number of fused-ring (bicyclic) bond motifs is 1. The summed E-state index contributed by atoms with van der Waals surface area (Å²) < 4.78 is 10.8. The van der Waals surface area contributed by atoms with Gasteiger partial charge in [-0.2, -0.15) is 0 Å². The van der Waals surface area contributed by atoms with Crippen molar-refractivity contribution in [1.29, 1.82) is 0 Å². The van der Waals surface area contributed by atoms with Gasteiger partial charge in [-0.1, -0.05) is 0 Å². The molecule has 0 aromatic heterocycles. The molecule has 6 heteroatoms. The highest BCUT2D eigenvalue weighted by atomic mass is 16.5. The summed E-state index contributed by atoms with van der Waals surface area (Å²) in [7, 11) is 1.59. The molecule has 6 nitrogen and oxygen atoms in total. The van der Waals surface area contributed by atoms with Crippen molar-refractivity contribution >= 4 is 18.0 Å². The Balaban J connectivity index is 1.82. The Morgan fingerprint density at radius 2 is 2.26 bits per heavy atom. The van der Waals surface area contributed by atoms with E-state index < -0.39 is 5.97 Å². The van der Waals surface area contributed by atoms with Gasteiger partial charge < -0.3 is 19.5 Å². The maximum absolute atomic E-state index is 12.7. The second-order valence-corrected chi connectivity index (χ2v) is 5.75. The molecule has 23 heavy (non-hydrogen) atoms. The minimum atomic E-state index is -0.876. The van der Waals surface area contributed by atoms with Crippen LogP contribution in [0.15, 0.2) is 23.8 Å². The molecular formula is C17H19NO5. The van der Waals surface area contributed by atoms with Crippen LogP contribution in [0.1, 0.15) is 24.8 Å². The predicted molar refractivity (Wildman–Crippen MR) is 83.5 cm³/mol. The molecule has 1 aromatic rings. The van der Waals surface area contributed by atoms with Crippen molar-refractivity contribution in [3.8, 4) is 11.5 Å². The molecule has 2 aliphatic rings. The van der Waals surface area contributed by atoms with E-state index in [2.05, 4.69) is 0 Å². The highest BCUT2D eigenvalue weighted by molar-refractivity contribution is 5.99. The van der Waals surface area contributed by atoms with Gasteiger partial charge in [0.25, 0.3) is 5.91 Å².